The van der Waals surface area contributed by atoms with Crippen molar-refractivity contribution in [2.45, 2.75) is 24.8 Å². The minimum atomic E-state index is -3.81. The third-order valence-electron chi connectivity index (χ3n) is 3.59. The van der Waals surface area contributed by atoms with Crippen LogP contribution in [-0.4, -0.2) is 31.0 Å². The summed E-state index contributed by atoms with van der Waals surface area (Å²) in [6.07, 6.45) is 0.236. The van der Waals surface area contributed by atoms with E-state index < -0.39 is 15.8 Å². The first-order chi connectivity index (χ1) is 12.0. The maximum Gasteiger partial charge on any atom is 0.243 e. The first-order valence-corrected chi connectivity index (χ1v) is 9.36. The van der Waals surface area contributed by atoms with Gasteiger partial charge in [0.25, 0.3) is 0 Å². The van der Waals surface area contributed by atoms with Gasteiger partial charge in [0, 0.05) is 19.5 Å². The lowest BCUT2D eigenvalue weighted by molar-refractivity contribution is 0.305. The monoisotopic (exact) mass is 361 g/mol. The van der Waals surface area contributed by atoms with Crippen LogP contribution >= 0.6 is 0 Å². The van der Waals surface area contributed by atoms with Crippen molar-refractivity contribution in [3.8, 4) is 11.8 Å². The first-order valence-electron chi connectivity index (χ1n) is 7.92. The fourth-order valence-corrected chi connectivity index (χ4v) is 3.72. The third-order valence-corrected chi connectivity index (χ3v) is 5.51. The highest BCUT2D eigenvalue weighted by molar-refractivity contribution is 7.89. The molecular formula is C19H20FNO3S. The summed E-state index contributed by atoms with van der Waals surface area (Å²) in [4.78, 5) is -0.101. The summed E-state index contributed by atoms with van der Waals surface area (Å²) >= 11 is 0. The van der Waals surface area contributed by atoms with E-state index in [2.05, 4.69) is 11.8 Å². The van der Waals surface area contributed by atoms with Crippen molar-refractivity contribution in [3.05, 3.63) is 65.5 Å². The molecule has 0 aliphatic heterocycles. The second kappa shape index (κ2) is 8.77. The second-order valence-corrected chi connectivity index (χ2v) is 7.27. The second-order valence-electron chi connectivity index (χ2n) is 5.33. The van der Waals surface area contributed by atoms with E-state index in [9.17, 15) is 12.8 Å². The van der Waals surface area contributed by atoms with Gasteiger partial charge in [-0.15, -0.1) is 0 Å². The van der Waals surface area contributed by atoms with Gasteiger partial charge in [0.15, 0.2) is 0 Å². The zero-order valence-corrected chi connectivity index (χ0v) is 14.8. The minimum absolute atomic E-state index is 0.101. The van der Waals surface area contributed by atoms with E-state index in [1.54, 1.807) is 6.92 Å². The Morgan fingerprint density at radius 1 is 1.16 bits per heavy atom. The quantitative estimate of drug-likeness (QED) is 0.805. The van der Waals surface area contributed by atoms with Gasteiger partial charge in [-0.1, -0.05) is 49.1 Å². The number of hydrogen-bond donors (Lipinski definition) is 1. The molecule has 0 spiro atoms. The Kier molecular flexibility index (Phi) is 6.71. The van der Waals surface area contributed by atoms with E-state index in [0.717, 1.165) is 11.6 Å². The average molecular weight is 361 g/mol. The Labute approximate surface area is 148 Å². The van der Waals surface area contributed by atoms with Gasteiger partial charge in [0.1, 0.15) is 5.82 Å². The molecule has 132 valence electrons. The molecule has 1 N–H and O–H groups in total. The molecule has 6 heteroatoms. The molecule has 0 amide bonds. The van der Waals surface area contributed by atoms with E-state index >= 15 is 0 Å². The number of halogens is 1. The normalized spacial score (nSPS) is 11.2. The largest absolute Gasteiger partial charge is 0.395 e. The Bertz CT molecular complexity index is 871. The summed E-state index contributed by atoms with van der Waals surface area (Å²) in [5.74, 6) is 4.51. The molecule has 25 heavy (non-hydrogen) atoms. The summed E-state index contributed by atoms with van der Waals surface area (Å²) in [7, 11) is -3.81. The van der Waals surface area contributed by atoms with Gasteiger partial charge in [-0.2, -0.15) is 4.31 Å². The number of aliphatic hydroxyl groups is 1. The van der Waals surface area contributed by atoms with Crippen LogP contribution in [0, 0.1) is 17.7 Å². The predicted octanol–water partition coefficient (Wildman–Crippen LogP) is 2.77. The Morgan fingerprint density at radius 3 is 2.48 bits per heavy atom. The molecule has 0 saturated carbocycles. The fraction of sp³-hybridized carbons (Fsp3) is 0.263. The minimum Gasteiger partial charge on any atom is -0.395 e. The number of benzene rings is 2. The molecule has 0 unspecified atom stereocenters. The molecule has 0 saturated heterocycles. The number of hydrogen-bond acceptors (Lipinski definition) is 3. The van der Waals surface area contributed by atoms with E-state index in [1.807, 2.05) is 30.3 Å². The van der Waals surface area contributed by atoms with Gasteiger partial charge < -0.3 is 5.11 Å². The molecule has 0 aliphatic rings. The maximum absolute atomic E-state index is 14.2. The lowest BCUT2D eigenvalue weighted by Gasteiger charge is -2.20. The molecular weight excluding hydrogens is 341 g/mol. The average Bonchev–Trinajstić information content (AvgIpc) is 2.61. The number of sulfonamides is 1. The van der Waals surface area contributed by atoms with Crippen LogP contribution in [0.2, 0.25) is 0 Å². The Balaban J connectivity index is 2.28. The lowest BCUT2D eigenvalue weighted by atomic mass is 10.2. The van der Waals surface area contributed by atoms with Gasteiger partial charge in [-0.05, 0) is 23.8 Å². The lowest BCUT2D eigenvalue weighted by Crippen LogP contribution is -2.30. The van der Waals surface area contributed by atoms with Gasteiger partial charge in [0.05, 0.1) is 17.1 Å². The van der Waals surface area contributed by atoms with Crippen molar-refractivity contribution in [1.29, 1.82) is 0 Å². The zero-order valence-electron chi connectivity index (χ0n) is 13.9. The zero-order chi connectivity index (χ0) is 18.3. The van der Waals surface area contributed by atoms with E-state index in [4.69, 9.17) is 5.11 Å². The summed E-state index contributed by atoms with van der Waals surface area (Å²) in [6.45, 7) is 2.13. The highest BCUT2D eigenvalue weighted by atomic mass is 32.2. The van der Waals surface area contributed by atoms with Crippen LogP contribution < -0.4 is 0 Å². The first kappa shape index (κ1) is 19.1. The van der Waals surface area contributed by atoms with Crippen LogP contribution in [0.3, 0.4) is 0 Å². The maximum atomic E-state index is 14.2. The Hall–Kier alpha value is -2.20. The summed E-state index contributed by atoms with van der Waals surface area (Å²) < 4.78 is 41.0. The summed E-state index contributed by atoms with van der Waals surface area (Å²) in [5.41, 5.74) is 0.971. The molecule has 2 rings (SSSR count). The molecule has 0 aromatic heterocycles. The number of rotatable bonds is 6. The van der Waals surface area contributed by atoms with E-state index in [1.165, 1.54) is 16.4 Å². The van der Waals surface area contributed by atoms with Crippen molar-refractivity contribution < 1.29 is 17.9 Å². The van der Waals surface area contributed by atoms with Crippen molar-refractivity contribution in [1.82, 2.24) is 4.31 Å². The van der Waals surface area contributed by atoms with Crippen LogP contribution in [0.1, 0.15) is 24.5 Å². The molecule has 0 radical (unpaired) electrons. The molecule has 0 heterocycles. The molecule has 0 bridgehead atoms. The van der Waals surface area contributed by atoms with Crippen molar-refractivity contribution in [2.24, 2.45) is 0 Å². The third kappa shape index (κ3) is 4.89. The molecule has 2 aromatic carbocycles. The molecule has 0 fully saturated rings. The number of nitrogens with zero attached hydrogens (tertiary/aromatic N) is 1. The van der Waals surface area contributed by atoms with Gasteiger partial charge in [-0.25, -0.2) is 12.8 Å². The molecule has 0 aliphatic carbocycles. The highest BCUT2D eigenvalue weighted by Gasteiger charge is 2.24. The standard InChI is InChI=1S/C19H20FNO3S/c1-2-21(15-16-8-4-3-5-9-16)25(23,24)18-12-11-17(19(20)14-18)10-6-7-13-22/h3-5,8-9,11-12,14,22H,2,7,13,15H2,1H3. The van der Waals surface area contributed by atoms with Crippen LogP contribution in [0.4, 0.5) is 4.39 Å². The van der Waals surface area contributed by atoms with Gasteiger partial charge >= 0.3 is 0 Å². The highest BCUT2D eigenvalue weighted by Crippen LogP contribution is 2.20. The van der Waals surface area contributed by atoms with Crippen molar-refractivity contribution >= 4 is 10.0 Å². The Morgan fingerprint density at radius 2 is 1.88 bits per heavy atom. The number of aliphatic hydroxyl groups excluding tert-OH is 1. The van der Waals surface area contributed by atoms with Crippen molar-refractivity contribution in [3.63, 3.8) is 0 Å². The van der Waals surface area contributed by atoms with E-state index in [0.29, 0.717) is 0 Å². The van der Waals surface area contributed by atoms with Crippen LogP contribution in [0.5, 0.6) is 0 Å². The SMILES string of the molecule is CCN(Cc1ccccc1)S(=O)(=O)c1ccc(C#CCCO)c(F)c1. The summed E-state index contributed by atoms with van der Waals surface area (Å²) in [5, 5.41) is 8.69. The molecule has 0 atom stereocenters. The van der Waals surface area contributed by atoms with Crippen LogP contribution in [0.25, 0.3) is 0 Å². The summed E-state index contributed by atoms with van der Waals surface area (Å²) in [6, 6.07) is 12.9. The fourth-order valence-electron chi connectivity index (χ4n) is 2.27. The van der Waals surface area contributed by atoms with Crippen LogP contribution in [-0.2, 0) is 16.6 Å². The van der Waals surface area contributed by atoms with E-state index in [-0.39, 0.29) is 36.6 Å². The molecule has 2 aromatic rings. The topological polar surface area (TPSA) is 57.6 Å². The van der Waals surface area contributed by atoms with Crippen molar-refractivity contribution in [2.75, 3.05) is 13.2 Å². The molecule has 4 nitrogen and oxygen atoms in total. The van der Waals surface area contributed by atoms with Crippen LogP contribution in [0.15, 0.2) is 53.4 Å². The van der Waals surface area contributed by atoms with Gasteiger partial charge in [0.2, 0.25) is 10.0 Å². The predicted molar refractivity (Wildman–Crippen MR) is 94.7 cm³/mol. The smallest absolute Gasteiger partial charge is 0.243 e. The van der Waals surface area contributed by atoms with Gasteiger partial charge in [-0.3, -0.25) is 0 Å².